The molecule has 6 nitrogen and oxygen atoms in total. The number of ether oxygens (including phenoxy) is 2. The predicted octanol–water partition coefficient (Wildman–Crippen LogP) is 3.51. The molecule has 2 aromatic rings. The Hall–Kier alpha value is -3.22. The topological polar surface area (TPSA) is 81.7 Å². The molecule has 0 bridgehead atoms. The molecule has 0 heterocycles. The molecule has 0 atom stereocenters. The van der Waals surface area contributed by atoms with Crippen molar-refractivity contribution in [3.05, 3.63) is 65.5 Å². The van der Waals surface area contributed by atoms with Crippen LogP contribution in [0.15, 0.2) is 48.5 Å². The van der Waals surface area contributed by atoms with Gasteiger partial charge in [0.05, 0.1) is 18.6 Å². The number of halogens is 1. The monoisotopic (exact) mass is 387 g/mol. The van der Waals surface area contributed by atoms with Crippen molar-refractivity contribution >= 4 is 23.5 Å². The third-order valence-corrected chi connectivity index (χ3v) is 3.74. The van der Waals surface area contributed by atoms with E-state index < -0.39 is 30.3 Å². The molecule has 0 saturated carbocycles. The number of anilines is 1. The van der Waals surface area contributed by atoms with E-state index in [1.54, 1.807) is 30.3 Å². The molecule has 0 fully saturated rings. The largest absolute Gasteiger partial charge is 0.462 e. The number of amides is 1. The highest BCUT2D eigenvalue weighted by Gasteiger charge is 2.11. The van der Waals surface area contributed by atoms with Gasteiger partial charge in [0, 0.05) is 5.69 Å². The first-order chi connectivity index (χ1) is 13.5. The molecule has 1 N–H and O–H groups in total. The van der Waals surface area contributed by atoms with E-state index in [9.17, 15) is 18.8 Å². The van der Waals surface area contributed by atoms with Crippen LogP contribution in [0, 0.1) is 5.82 Å². The van der Waals surface area contributed by atoms with Gasteiger partial charge in [-0.1, -0.05) is 25.5 Å². The van der Waals surface area contributed by atoms with E-state index in [2.05, 4.69) is 5.32 Å². The second-order valence-corrected chi connectivity index (χ2v) is 6.08. The number of hydrogen-bond acceptors (Lipinski definition) is 5. The van der Waals surface area contributed by atoms with E-state index in [-0.39, 0.29) is 6.42 Å². The molecule has 7 heteroatoms. The molecule has 2 rings (SSSR count). The molecule has 0 saturated heterocycles. The van der Waals surface area contributed by atoms with Crippen LogP contribution in [0.2, 0.25) is 0 Å². The van der Waals surface area contributed by atoms with E-state index in [4.69, 9.17) is 9.47 Å². The minimum absolute atomic E-state index is 0.125. The molecule has 1 amide bonds. The third kappa shape index (κ3) is 7.19. The van der Waals surface area contributed by atoms with Crippen molar-refractivity contribution in [3.8, 4) is 0 Å². The van der Waals surface area contributed by atoms with Gasteiger partial charge in [0.25, 0.3) is 5.91 Å². The van der Waals surface area contributed by atoms with E-state index in [0.717, 1.165) is 12.8 Å². The summed E-state index contributed by atoms with van der Waals surface area (Å²) in [4.78, 5) is 35.4. The normalized spacial score (nSPS) is 10.2. The Morgan fingerprint density at radius 1 is 1.04 bits per heavy atom. The predicted molar refractivity (Wildman–Crippen MR) is 101 cm³/mol. The van der Waals surface area contributed by atoms with Gasteiger partial charge in [-0.05, 0) is 48.4 Å². The molecule has 0 radical (unpaired) electrons. The zero-order valence-electron chi connectivity index (χ0n) is 15.6. The molecule has 0 aromatic heterocycles. The minimum Gasteiger partial charge on any atom is -0.462 e. The van der Waals surface area contributed by atoms with Crippen LogP contribution < -0.4 is 5.32 Å². The van der Waals surface area contributed by atoms with Gasteiger partial charge in [-0.25, -0.2) is 9.18 Å². The summed E-state index contributed by atoms with van der Waals surface area (Å²) in [5.74, 6) is -2.02. The maximum absolute atomic E-state index is 13.1. The fourth-order valence-electron chi connectivity index (χ4n) is 2.29. The van der Waals surface area contributed by atoms with E-state index in [1.165, 1.54) is 18.2 Å². The van der Waals surface area contributed by atoms with Crippen LogP contribution in [0.4, 0.5) is 10.1 Å². The van der Waals surface area contributed by atoms with Crippen molar-refractivity contribution in [2.24, 2.45) is 0 Å². The summed E-state index contributed by atoms with van der Waals surface area (Å²) in [6, 6.07) is 11.8. The zero-order valence-corrected chi connectivity index (χ0v) is 15.6. The molecule has 2 aromatic carbocycles. The summed E-state index contributed by atoms with van der Waals surface area (Å²) < 4.78 is 23.1. The summed E-state index contributed by atoms with van der Waals surface area (Å²) in [6.07, 6.45) is 1.61. The van der Waals surface area contributed by atoms with Crippen molar-refractivity contribution < 1.29 is 28.2 Å². The minimum atomic E-state index is -0.633. The Labute approximate surface area is 162 Å². The van der Waals surface area contributed by atoms with Crippen molar-refractivity contribution in [2.75, 3.05) is 18.5 Å². The van der Waals surface area contributed by atoms with Gasteiger partial charge >= 0.3 is 11.9 Å². The molecule has 28 heavy (non-hydrogen) atoms. The first kappa shape index (κ1) is 21.1. The summed E-state index contributed by atoms with van der Waals surface area (Å²) in [5.41, 5.74) is 1.30. The molecule has 0 aliphatic heterocycles. The highest BCUT2D eigenvalue weighted by atomic mass is 19.1. The lowest BCUT2D eigenvalue weighted by atomic mass is 10.1. The lowest BCUT2D eigenvalue weighted by Gasteiger charge is -2.08. The van der Waals surface area contributed by atoms with Gasteiger partial charge in [0.1, 0.15) is 5.82 Å². The average molecular weight is 387 g/mol. The van der Waals surface area contributed by atoms with Crippen molar-refractivity contribution in [1.29, 1.82) is 0 Å². The van der Waals surface area contributed by atoms with Crippen molar-refractivity contribution in [2.45, 2.75) is 26.2 Å². The van der Waals surface area contributed by atoms with Crippen LogP contribution >= 0.6 is 0 Å². The highest BCUT2D eigenvalue weighted by Crippen LogP contribution is 2.11. The molecule has 0 aliphatic carbocycles. The van der Waals surface area contributed by atoms with Crippen molar-refractivity contribution in [3.63, 3.8) is 0 Å². The number of carbonyl (C=O) groups excluding carboxylic acids is 3. The Morgan fingerprint density at radius 2 is 1.79 bits per heavy atom. The van der Waals surface area contributed by atoms with E-state index >= 15 is 0 Å². The summed E-state index contributed by atoms with van der Waals surface area (Å²) in [7, 11) is 0. The molecule has 0 spiro atoms. The molecule has 0 unspecified atom stereocenters. The van der Waals surface area contributed by atoms with Gasteiger partial charge in [-0.2, -0.15) is 0 Å². The second kappa shape index (κ2) is 10.8. The van der Waals surface area contributed by atoms with Gasteiger partial charge in [-0.3, -0.25) is 9.59 Å². The van der Waals surface area contributed by atoms with Crippen LogP contribution in [0.3, 0.4) is 0 Å². The second-order valence-electron chi connectivity index (χ2n) is 6.08. The average Bonchev–Trinajstić information content (AvgIpc) is 2.67. The van der Waals surface area contributed by atoms with E-state index in [1.807, 2.05) is 6.92 Å². The molecule has 148 valence electrons. The standard InChI is InChI=1S/C21H22FNO5/c1-2-3-11-27-21(26)16-7-9-18(10-8-16)23-19(24)14-28-20(25)13-15-5-4-6-17(22)12-15/h4-10,12H,2-3,11,13-14H2,1H3,(H,23,24). The maximum Gasteiger partial charge on any atom is 0.338 e. The number of esters is 2. The number of hydrogen-bond donors (Lipinski definition) is 1. The van der Waals surface area contributed by atoms with E-state index in [0.29, 0.717) is 23.4 Å². The number of carbonyl (C=O) groups is 3. The number of rotatable bonds is 9. The first-order valence-corrected chi connectivity index (χ1v) is 8.95. The zero-order chi connectivity index (χ0) is 20.4. The quantitative estimate of drug-likeness (QED) is 0.526. The Morgan fingerprint density at radius 3 is 2.46 bits per heavy atom. The lowest BCUT2D eigenvalue weighted by Crippen LogP contribution is -2.21. The smallest absolute Gasteiger partial charge is 0.338 e. The van der Waals surface area contributed by atoms with Gasteiger partial charge in [-0.15, -0.1) is 0 Å². The van der Waals surface area contributed by atoms with Crippen LogP contribution in [0.1, 0.15) is 35.7 Å². The Balaban J connectivity index is 1.76. The fraction of sp³-hybridized carbons (Fsp3) is 0.286. The van der Waals surface area contributed by atoms with Crippen molar-refractivity contribution in [1.82, 2.24) is 0 Å². The molecular weight excluding hydrogens is 365 g/mol. The van der Waals surface area contributed by atoms with Gasteiger partial charge < -0.3 is 14.8 Å². The summed E-state index contributed by atoms with van der Waals surface area (Å²) in [5, 5.41) is 2.56. The number of nitrogens with one attached hydrogen (secondary N) is 1. The van der Waals surface area contributed by atoms with Crippen LogP contribution in [-0.2, 0) is 25.5 Å². The fourth-order valence-corrected chi connectivity index (χ4v) is 2.29. The van der Waals surface area contributed by atoms with Crippen LogP contribution in [0.25, 0.3) is 0 Å². The van der Waals surface area contributed by atoms with Crippen LogP contribution in [-0.4, -0.2) is 31.1 Å². The summed E-state index contributed by atoms with van der Waals surface area (Å²) in [6.45, 7) is 1.91. The molecule has 0 aliphatic rings. The van der Waals surface area contributed by atoms with Gasteiger partial charge in [0.15, 0.2) is 6.61 Å². The number of unbranched alkanes of at least 4 members (excludes halogenated alkanes) is 1. The third-order valence-electron chi connectivity index (χ3n) is 3.74. The maximum atomic E-state index is 13.1. The highest BCUT2D eigenvalue weighted by molar-refractivity contribution is 5.94. The molecular formula is C21H22FNO5. The number of benzene rings is 2. The first-order valence-electron chi connectivity index (χ1n) is 8.95. The SMILES string of the molecule is CCCCOC(=O)c1ccc(NC(=O)COC(=O)Cc2cccc(F)c2)cc1. The summed E-state index contributed by atoms with van der Waals surface area (Å²) >= 11 is 0. The lowest BCUT2D eigenvalue weighted by molar-refractivity contribution is -0.146. The Kier molecular flexibility index (Phi) is 8.14. The van der Waals surface area contributed by atoms with Gasteiger partial charge in [0.2, 0.25) is 0 Å². The van der Waals surface area contributed by atoms with Crippen LogP contribution in [0.5, 0.6) is 0 Å². The Bertz CT molecular complexity index is 820.